The van der Waals surface area contributed by atoms with Gasteiger partial charge in [-0.1, -0.05) is 48.5 Å². The Morgan fingerprint density at radius 1 is 1.00 bits per heavy atom. The standard InChI is InChI=1S/C22H26N2O/c1-16-7-5-6-10-21(16)22(25)23-18-13-19-11-12-20(14-18)24(19)15-17-8-3-2-4-9-17/h2-10,18-20H,11-15H2,1H3,(H,23,25)/t18?,19-,20+. The number of amides is 1. The van der Waals surface area contributed by atoms with E-state index in [-0.39, 0.29) is 5.91 Å². The molecule has 25 heavy (non-hydrogen) atoms. The van der Waals surface area contributed by atoms with Crippen LogP contribution in [0, 0.1) is 6.92 Å². The molecular weight excluding hydrogens is 308 g/mol. The number of rotatable bonds is 4. The van der Waals surface area contributed by atoms with Gasteiger partial charge < -0.3 is 5.32 Å². The minimum absolute atomic E-state index is 0.0824. The fraction of sp³-hybridized carbons (Fsp3) is 0.409. The molecule has 3 atom stereocenters. The summed E-state index contributed by atoms with van der Waals surface area (Å²) < 4.78 is 0. The quantitative estimate of drug-likeness (QED) is 0.919. The monoisotopic (exact) mass is 334 g/mol. The Kier molecular flexibility index (Phi) is 4.58. The third kappa shape index (κ3) is 3.47. The van der Waals surface area contributed by atoms with Crippen molar-refractivity contribution in [3.8, 4) is 0 Å². The van der Waals surface area contributed by atoms with Crippen molar-refractivity contribution in [3.63, 3.8) is 0 Å². The highest BCUT2D eigenvalue weighted by atomic mass is 16.1. The largest absolute Gasteiger partial charge is 0.349 e. The van der Waals surface area contributed by atoms with Crippen LogP contribution in [0.25, 0.3) is 0 Å². The molecule has 130 valence electrons. The van der Waals surface area contributed by atoms with Crippen LogP contribution in [-0.4, -0.2) is 28.9 Å². The van der Waals surface area contributed by atoms with Crippen LogP contribution in [0.5, 0.6) is 0 Å². The Morgan fingerprint density at radius 3 is 2.32 bits per heavy atom. The molecule has 2 aliphatic rings. The minimum atomic E-state index is 0.0824. The van der Waals surface area contributed by atoms with Crippen LogP contribution in [0.1, 0.15) is 47.2 Å². The molecule has 2 aliphatic heterocycles. The number of nitrogens with one attached hydrogen (secondary N) is 1. The topological polar surface area (TPSA) is 32.3 Å². The van der Waals surface area contributed by atoms with E-state index in [1.807, 2.05) is 31.2 Å². The first-order valence-electron chi connectivity index (χ1n) is 9.37. The fourth-order valence-corrected chi connectivity index (χ4v) is 4.54. The second-order valence-electron chi connectivity index (χ2n) is 7.50. The van der Waals surface area contributed by atoms with Crippen LogP contribution in [0.2, 0.25) is 0 Å². The molecule has 0 aromatic heterocycles. The van der Waals surface area contributed by atoms with Crippen molar-refractivity contribution in [1.82, 2.24) is 10.2 Å². The first kappa shape index (κ1) is 16.3. The third-order valence-corrected chi connectivity index (χ3v) is 5.82. The molecule has 3 nitrogen and oxygen atoms in total. The summed E-state index contributed by atoms with van der Waals surface area (Å²) in [6.45, 7) is 3.04. The van der Waals surface area contributed by atoms with Crippen molar-refractivity contribution in [1.29, 1.82) is 0 Å². The van der Waals surface area contributed by atoms with Gasteiger partial charge in [-0.3, -0.25) is 9.69 Å². The molecule has 1 unspecified atom stereocenters. The summed E-state index contributed by atoms with van der Waals surface area (Å²) in [5.41, 5.74) is 3.24. The Labute approximate surface area is 150 Å². The highest BCUT2D eigenvalue weighted by molar-refractivity contribution is 5.95. The predicted molar refractivity (Wildman–Crippen MR) is 100 cm³/mol. The van der Waals surface area contributed by atoms with Crippen LogP contribution in [-0.2, 0) is 6.54 Å². The van der Waals surface area contributed by atoms with Gasteiger partial charge in [-0.25, -0.2) is 0 Å². The minimum Gasteiger partial charge on any atom is -0.349 e. The lowest BCUT2D eigenvalue weighted by Gasteiger charge is -2.39. The number of hydrogen-bond donors (Lipinski definition) is 1. The molecule has 2 aromatic carbocycles. The van der Waals surface area contributed by atoms with Crippen molar-refractivity contribution in [2.45, 2.75) is 57.3 Å². The van der Waals surface area contributed by atoms with Gasteiger partial charge in [0, 0.05) is 30.2 Å². The molecule has 1 amide bonds. The average molecular weight is 334 g/mol. The van der Waals surface area contributed by atoms with E-state index < -0.39 is 0 Å². The molecule has 2 fully saturated rings. The molecule has 2 heterocycles. The molecule has 1 N–H and O–H groups in total. The molecule has 0 aliphatic carbocycles. The predicted octanol–water partition coefficient (Wildman–Crippen LogP) is 3.92. The van der Waals surface area contributed by atoms with Gasteiger partial charge in [-0.15, -0.1) is 0 Å². The first-order chi connectivity index (χ1) is 12.2. The Balaban J connectivity index is 1.40. The van der Waals surface area contributed by atoms with E-state index in [0.29, 0.717) is 18.1 Å². The number of hydrogen-bond acceptors (Lipinski definition) is 2. The van der Waals surface area contributed by atoms with E-state index in [2.05, 4.69) is 40.5 Å². The molecule has 2 saturated heterocycles. The number of benzene rings is 2. The molecule has 2 aromatic rings. The summed E-state index contributed by atoms with van der Waals surface area (Å²) in [6, 6.07) is 20.1. The number of aryl methyl sites for hydroxylation is 1. The zero-order valence-corrected chi connectivity index (χ0v) is 14.8. The van der Waals surface area contributed by atoms with Gasteiger partial charge in [0.25, 0.3) is 5.91 Å². The second-order valence-corrected chi connectivity index (χ2v) is 7.50. The number of carbonyl (C=O) groups is 1. The van der Waals surface area contributed by atoms with E-state index in [4.69, 9.17) is 0 Å². The molecule has 0 saturated carbocycles. The van der Waals surface area contributed by atoms with Crippen molar-refractivity contribution < 1.29 is 4.79 Å². The number of nitrogens with zero attached hydrogens (tertiary/aromatic N) is 1. The van der Waals surface area contributed by atoms with Gasteiger partial charge in [0.05, 0.1) is 0 Å². The van der Waals surface area contributed by atoms with Crippen molar-refractivity contribution in [2.24, 2.45) is 0 Å². The lowest BCUT2D eigenvalue weighted by molar-refractivity contribution is 0.0827. The van der Waals surface area contributed by atoms with Gasteiger partial charge >= 0.3 is 0 Å². The van der Waals surface area contributed by atoms with Crippen molar-refractivity contribution >= 4 is 5.91 Å². The van der Waals surface area contributed by atoms with E-state index >= 15 is 0 Å². The summed E-state index contributed by atoms with van der Waals surface area (Å²) in [4.78, 5) is 15.3. The zero-order chi connectivity index (χ0) is 17.2. The van der Waals surface area contributed by atoms with Crippen LogP contribution >= 0.6 is 0 Å². The van der Waals surface area contributed by atoms with Crippen LogP contribution in [0.3, 0.4) is 0 Å². The first-order valence-corrected chi connectivity index (χ1v) is 9.37. The second kappa shape index (κ2) is 7.01. The van der Waals surface area contributed by atoms with Gasteiger partial charge in [0.2, 0.25) is 0 Å². The molecule has 0 spiro atoms. The maximum atomic E-state index is 12.6. The molecule has 4 rings (SSSR count). The SMILES string of the molecule is Cc1ccccc1C(=O)NC1C[C@H]2CC[C@@H](C1)N2Cc1ccccc1. The number of carbonyl (C=O) groups excluding carboxylic acids is 1. The Hall–Kier alpha value is -2.13. The van der Waals surface area contributed by atoms with Crippen LogP contribution in [0.15, 0.2) is 54.6 Å². The normalized spacial score (nSPS) is 25.7. The molecule has 3 heteroatoms. The Morgan fingerprint density at radius 2 is 1.64 bits per heavy atom. The Bertz CT molecular complexity index is 729. The third-order valence-electron chi connectivity index (χ3n) is 5.82. The highest BCUT2D eigenvalue weighted by Crippen LogP contribution is 2.37. The maximum Gasteiger partial charge on any atom is 0.251 e. The summed E-state index contributed by atoms with van der Waals surface area (Å²) in [6.07, 6.45) is 4.66. The van der Waals surface area contributed by atoms with E-state index in [0.717, 1.165) is 30.5 Å². The average Bonchev–Trinajstić information content (AvgIpc) is 2.85. The van der Waals surface area contributed by atoms with E-state index in [1.165, 1.54) is 18.4 Å². The maximum absolute atomic E-state index is 12.6. The van der Waals surface area contributed by atoms with Crippen molar-refractivity contribution in [3.05, 3.63) is 71.3 Å². The zero-order valence-electron chi connectivity index (χ0n) is 14.8. The summed E-state index contributed by atoms with van der Waals surface area (Å²) in [5.74, 6) is 0.0824. The lowest BCUT2D eigenvalue weighted by atomic mass is 9.96. The molecule has 2 bridgehead atoms. The van der Waals surface area contributed by atoms with E-state index in [1.54, 1.807) is 0 Å². The van der Waals surface area contributed by atoms with Crippen LogP contribution < -0.4 is 5.32 Å². The number of piperidine rings is 1. The molecular formula is C22H26N2O. The van der Waals surface area contributed by atoms with Gasteiger partial charge in [-0.05, 0) is 49.8 Å². The van der Waals surface area contributed by atoms with E-state index in [9.17, 15) is 4.79 Å². The number of fused-ring (bicyclic) bond motifs is 2. The van der Waals surface area contributed by atoms with Gasteiger partial charge in [-0.2, -0.15) is 0 Å². The van der Waals surface area contributed by atoms with Crippen molar-refractivity contribution in [2.75, 3.05) is 0 Å². The summed E-state index contributed by atoms with van der Waals surface area (Å²) >= 11 is 0. The molecule has 0 radical (unpaired) electrons. The lowest BCUT2D eigenvalue weighted by Crippen LogP contribution is -2.50. The fourth-order valence-electron chi connectivity index (χ4n) is 4.54. The van der Waals surface area contributed by atoms with Gasteiger partial charge in [0.15, 0.2) is 0 Å². The highest BCUT2D eigenvalue weighted by Gasteiger charge is 2.40. The smallest absolute Gasteiger partial charge is 0.251 e. The summed E-state index contributed by atoms with van der Waals surface area (Å²) in [7, 11) is 0. The summed E-state index contributed by atoms with van der Waals surface area (Å²) in [5, 5.41) is 3.30. The van der Waals surface area contributed by atoms with Gasteiger partial charge in [0.1, 0.15) is 0 Å². The van der Waals surface area contributed by atoms with Crippen LogP contribution in [0.4, 0.5) is 0 Å².